The smallest absolute Gasteiger partial charge is 0.242 e. The average Bonchev–Trinajstić information content (AvgIpc) is 2.37. The third kappa shape index (κ3) is 3.40. The van der Waals surface area contributed by atoms with E-state index < -0.39 is 10.0 Å². The number of sulfonamides is 1. The van der Waals surface area contributed by atoms with Crippen molar-refractivity contribution in [1.29, 1.82) is 0 Å². The van der Waals surface area contributed by atoms with Crippen molar-refractivity contribution in [3.63, 3.8) is 0 Å². The summed E-state index contributed by atoms with van der Waals surface area (Å²) in [5, 5.41) is 0.382. The van der Waals surface area contributed by atoms with Gasteiger partial charge in [0.2, 0.25) is 10.0 Å². The van der Waals surface area contributed by atoms with Crippen molar-refractivity contribution >= 4 is 27.3 Å². The lowest BCUT2D eigenvalue weighted by Gasteiger charge is -2.08. The molecule has 0 aliphatic carbocycles. The summed E-state index contributed by atoms with van der Waals surface area (Å²) in [5.74, 6) is 0. The first kappa shape index (κ1) is 13.7. The van der Waals surface area contributed by atoms with Gasteiger partial charge in [-0.05, 0) is 24.3 Å². The minimum atomic E-state index is -3.70. The zero-order valence-corrected chi connectivity index (χ0v) is 11.3. The number of rotatable bonds is 4. The first-order valence-corrected chi connectivity index (χ1v) is 7.15. The lowest BCUT2D eigenvalue weighted by Crippen LogP contribution is -2.24. The summed E-state index contributed by atoms with van der Waals surface area (Å²) in [5.41, 5.74) is 6.31. The number of nitrogens with zero attached hydrogens (tertiary/aromatic N) is 2. The maximum Gasteiger partial charge on any atom is 0.242 e. The standard InChI is InChI=1S/C11H11ClN4O2S/c12-8-1-2-11(10(13)5-8)19(17,18)16-6-9-3-4-14-7-15-9/h1-5,7,16H,6,13H2. The predicted molar refractivity (Wildman–Crippen MR) is 71.9 cm³/mol. The van der Waals surface area contributed by atoms with Crippen LogP contribution in [0.5, 0.6) is 0 Å². The van der Waals surface area contributed by atoms with Gasteiger partial charge in [0.05, 0.1) is 17.9 Å². The van der Waals surface area contributed by atoms with Gasteiger partial charge in [-0.2, -0.15) is 0 Å². The number of nitrogen functional groups attached to an aromatic ring is 1. The molecule has 0 saturated heterocycles. The van der Waals surface area contributed by atoms with Gasteiger partial charge in [0.15, 0.2) is 0 Å². The van der Waals surface area contributed by atoms with Gasteiger partial charge in [-0.1, -0.05) is 11.6 Å². The van der Waals surface area contributed by atoms with E-state index in [1.54, 1.807) is 6.07 Å². The Morgan fingerprint density at radius 1 is 1.32 bits per heavy atom. The molecule has 0 amide bonds. The van der Waals surface area contributed by atoms with Gasteiger partial charge in [0, 0.05) is 11.2 Å². The highest BCUT2D eigenvalue weighted by Gasteiger charge is 2.17. The second-order valence-electron chi connectivity index (χ2n) is 3.71. The quantitative estimate of drug-likeness (QED) is 0.826. The molecule has 0 radical (unpaired) electrons. The predicted octanol–water partition coefficient (Wildman–Crippen LogP) is 1.19. The molecule has 0 fully saturated rings. The highest BCUT2D eigenvalue weighted by atomic mass is 35.5. The van der Waals surface area contributed by atoms with Crippen molar-refractivity contribution in [2.45, 2.75) is 11.4 Å². The molecule has 2 rings (SSSR count). The Balaban J connectivity index is 2.19. The number of hydrogen-bond donors (Lipinski definition) is 2. The van der Waals surface area contributed by atoms with E-state index in [0.29, 0.717) is 10.7 Å². The van der Waals surface area contributed by atoms with E-state index in [2.05, 4.69) is 14.7 Å². The molecule has 0 aliphatic rings. The van der Waals surface area contributed by atoms with Crippen molar-refractivity contribution in [3.05, 3.63) is 47.5 Å². The molecule has 0 saturated carbocycles. The van der Waals surface area contributed by atoms with E-state index in [4.69, 9.17) is 17.3 Å². The molecule has 0 atom stereocenters. The summed E-state index contributed by atoms with van der Waals surface area (Å²) in [7, 11) is -3.70. The molecule has 8 heteroatoms. The summed E-state index contributed by atoms with van der Waals surface area (Å²) >= 11 is 5.73. The van der Waals surface area contributed by atoms with Crippen LogP contribution in [0.1, 0.15) is 5.69 Å². The van der Waals surface area contributed by atoms with Gasteiger partial charge in [-0.25, -0.2) is 23.1 Å². The van der Waals surface area contributed by atoms with Crippen LogP contribution >= 0.6 is 11.6 Å². The molecule has 1 heterocycles. The van der Waals surface area contributed by atoms with Gasteiger partial charge in [0.1, 0.15) is 11.2 Å². The van der Waals surface area contributed by atoms with Crippen molar-refractivity contribution < 1.29 is 8.42 Å². The number of halogens is 1. The Morgan fingerprint density at radius 3 is 2.74 bits per heavy atom. The molecule has 0 spiro atoms. The van der Waals surface area contributed by atoms with Crippen LogP contribution in [-0.4, -0.2) is 18.4 Å². The molecule has 6 nitrogen and oxygen atoms in total. The monoisotopic (exact) mass is 298 g/mol. The minimum Gasteiger partial charge on any atom is -0.398 e. The fourth-order valence-corrected chi connectivity index (χ4v) is 2.72. The van der Waals surface area contributed by atoms with Crippen LogP contribution in [0.3, 0.4) is 0 Å². The van der Waals surface area contributed by atoms with Crippen LogP contribution in [0.25, 0.3) is 0 Å². The first-order chi connectivity index (χ1) is 8.99. The van der Waals surface area contributed by atoms with Crippen molar-refractivity contribution in [2.24, 2.45) is 0 Å². The van der Waals surface area contributed by atoms with Gasteiger partial charge in [-0.15, -0.1) is 0 Å². The van der Waals surface area contributed by atoms with Gasteiger partial charge < -0.3 is 5.73 Å². The highest BCUT2D eigenvalue weighted by molar-refractivity contribution is 7.89. The third-order valence-corrected chi connectivity index (χ3v) is 4.06. The number of benzene rings is 1. The Morgan fingerprint density at radius 2 is 2.11 bits per heavy atom. The van der Waals surface area contributed by atoms with Crippen LogP contribution in [-0.2, 0) is 16.6 Å². The summed E-state index contributed by atoms with van der Waals surface area (Å²) in [6.45, 7) is 0.0624. The highest BCUT2D eigenvalue weighted by Crippen LogP contribution is 2.22. The van der Waals surface area contributed by atoms with E-state index in [0.717, 1.165) is 0 Å². The van der Waals surface area contributed by atoms with Gasteiger partial charge in [-0.3, -0.25) is 0 Å². The molecule has 19 heavy (non-hydrogen) atoms. The van der Waals surface area contributed by atoms with Crippen LogP contribution < -0.4 is 10.5 Å². The lowest BCUT2D eigenvalue weighted by atomic mass is 10.3. The average molecular weight is 299 g/mol. The van der Waals surface area contributed by atoms with E-state index in [-0.39, 0.29) is 17.1 Å². The summed E-state index contributed by atoms with van der Waals surface area (Å²) in [6, 6.07) is 5.84. The van der Waals surface area contributed by atoms with Crippen LogP contribution in [0, 0.1) is 0 Å². The summed E-state index contributed by atoms with van der Waals surface area (Å²) in [4.78, 5) is 7.66. The topological polar surface area (TPSA) is 98.0 Å². The molecule has 0 aliphatic heterocycles. The van der Waals surface area contributed by atoms with E-state index >= 15 is 0 Å². The largest absolute Gasteiger partial charge is 0.398 e. The number of anilines is 1. The van der Waals surface area contributed by atoms with Gasteiger partial charge >= 0.3 is 0 Å². The zero-order valence-electron chi connectivity index (χ0n) is 9.75. The molecule has 1 aromatic carbocycles. The first-order valence-electron chi connectivity index (χ1n) is 5.28. The second kappa shape index (κ2) is 5.52. The molecule has 3 N–H and O–H groups in total. The second-order valence-corrected chi connectivity index (χ2v) is 5.88. The van der Waals surface area contributed by atoms with E-state index in [1.165, 1.54) is 30.7 Å². The van der Waals surface area contributed by atoms with E-state index in [9.17, 15) is 8.42 Å². The molecular formula is C11H11ClN4O2S. The molecule has 100 valence electrons. The molecule has 2 aromatic rings. The third-order valence-electron chi connectivity index (χ3n) is 2.35. The summed E-state index contributed by atoms with van der Waals surface area (Å²) in [6.07, 6.45) is 2.88. The van der Waals surface area contributed by atoms with Crippen molar-refractivity contribution in [1.82, 2.24) is 14.7 Å². The fourth-order valence-electron chi connectivity index (χ4n) is 1.43. The van der Waals surface area contributed by atoms with E-state index in [1.807, 2.05) is 0 Å². The number of aromatic nitrogens is 2. The molecular weight excluding hydrogens is 288 g/mol. The van der Waals surface area contributed by atoms with Crippen molar-refractivity contribution in [2.75, 3.05) is 5.73 Å². The Kier molecular flexibility index (Phi) is 3.98. The maximum absolute atomic E-state index is 12.1. The molecule has 0 unspecified atom stereocenters. The number of nitrogens with two attached hydrogens (primary N) is 1. The maximum atomic E-state index is 12.1. The number of nitrogens with one attached hydrogen (secondary N) is 1. The lowest BCUT2D eigenvalue weighted by molar-refractivity contribution is 0.581. The van der Waals surface area contributed by atoms with Crippen LogP contribution in [0.15, 0.2) is 41.7 Å². The Hall–Kier alpha value is -1.70. The van der Waals surface area contributed by atoms with Crippen molar-refractivity contribution in [3.8, 4) is 0 Å². The Bertz CT molecular complexity index is 676. The van der Waals surface area contributed by atoms with Gasteiger partial charge in [0.25, 0.3) is 0 Å². The number of hydrogen-bond acceptors (Lipinski definition) is 5. The molecule has 1 aromatic heterocycles. The molecule has 0 bridgehead atoms. The normalized spacial score (nSPS) is 11.4. The van der Waals surface area contributed by atoms with Crippen LogP contribution in [0.2, 0.25) is 5.02 Å². The SMILES string of the molecule is Nc1cc(Cl)ccc1S(=O)(=O)NCc1ccncn1. The zero-order chi connectivity index (χ0) is 13.9. The minimum absolute atomic E-state index is 0.00837. The Labute approximate surface area is 115 Å². The fraction of sp³-hybridized carbons (Fsp3) is 0.0909. The summed E-state index contributed by atoms with van der Waals surface area (Å²) < 4.78 is 26.5. The van der Waals surface area contributed by atoms with Crippen LogP contribution in [0.4, 0.5) is 5.69 Å².